The van der Waals surface area contributed by atoms with Gasteiger partial charge in [0.05, 0.1) is 34.6 Å². The van der Waals surface area contributed by atoms with E-state index in [9.17, 15) is 16.8 Å². The fraction of sp³-hybridized carbons (Fsp3) is 0.312. The van der Waals surface area contributed by atoms with Crippen LogP contribution in [-0.4, -0.2) is 68.4 Å². The summed E-state index contributed by atoms with van der Waals surface area (Å²) in [5, 5.41) is 4.71. The van der Waals surface area contributed by atoms with Gasteiger partial charge in [-0.3, -0.25) is 4.72 Å². The summed E-state index contributed by atoms with van der Waals surface area (Å²) in [6.45, 7) is 10.2. The third-order valence-corrected chi connectivity index (χ3v) is 7.30. The molecule has 260 valence electrons. The lowest BCUT2D eigenvalue weighted by molar-refractivity contribution is 0.536. The molecule has 0 aliphatic carbocycles. The first-order valence-electron chi connectivity index (χ1n) is 15.2. The van der Waals surface area contributed by atoms with Crippen LogP contribution < -0.4 is 9.86 Å². The van der Waals surface area contributed by atoms with E-state index < -0.39 is 20.0 Å². The molecule has 4 heterocycles. The van der Waals surface area contributed by atoms with Gasteiger partial charge in [0.2, 0.25) is 20.0 Å². The Morgan fingerprint density at radius 3 is 1.55 bits per heavy atom. The Hall–Kier alpha value is -4.51. The van der Waals surface area contributed by atoms with Gasteiger partial charge in [-0.15, -0.1) is 0 Å². The monoisotopic (exact) mass is 726 g/mol. The van der Waals surface area contributed by atoms with Crippen LogP contribution in [0.2, 0.25) is 5.15 Å². The average Bonchev–Trinajstić information content (AvgIpc) is 3.54. The molecule has 4 aromatic heterocycles. The van der Waals surface area contributed by atoms with Crippen molar-refractivity contribution in [2.24, 2.45) is 17.0 Å². The number of anilines is 1. The van der Waals surface area contributed by atoms with Crippen LogP contribution in [0.4, 0.5) is 5.82 Å². The summed E-state index contributed by atoms with van der Waals surface area (Å²) in [7, 11) is -6.63. The minimum absolute atomic E-state index is 0.181. The lowest BCUT2D eigenvalue weighted by Crippen LogP contribution is -2.14. The van der Waals surface area contributed by atoms with Crippen LogP contribution in [0.5, 0.6) is 0 Å². The highest BCUT2D eigenvalue weighted by Gasteiger charge is 2.20. The molecule has 6 aromatic rings. The van der Waals surface area contributed by atoms with Gasteiger partial charge in [0.1, 0.15) is 11.4 Å². The number of aromatic nitrogens is 8. The number of halogens is 1. The number of nitrogens with one attached hydrogen (secondary N) is 1. The fourth-order valence-corrected chi connectivity index (χ4v) is 5.53. The molecule has 0 aliphatic rings. The van der Waals surface area contributed by atoms with E-state index in [2.05, 4.69) is 82.7 Å². The van der Waals surface area contributed by atoms with Crippen molar-refractivity contribution in [1.29, 1.82) is 0 Å². The van der Waals surface area contributed by atoms with Crippen molar-refractivity contribution in [3.63, 3.8) is 0 Å². The summed E-state index contributed by atoms with van der Waals surface area (Å²) < 4.78 is 48.7. The van der Waals surface area contributed by atoms with Gasteiger partial charge in [-0.1, -0.05) is 63.6 Å². The average molecular weight is 727 g/mol. The molecule has 0 atom stereocenters. The van der Waals surface area contributed by atoms with Gasteiger partial charge in [-0.2, -0.15) is 0 Å². The number of hydrogen-bond donors (Lipinski definition) is 2. The number of primary sulfonamides is 1. The maximum atomic E-state index is 11.6. The van der Waals surface area contributed by atoms with E-state index in [1.165, 1.54) is 12.4 Å². The molecule has 3 N–H and O–H groups in total. The van der Waals surface area contributed by atoms with E-state index in [0.717, 1.165) is 53.5 Å². The largest absolute Gasteiger partial charge is 0.322 e. The molecule has 6 rings (SSSR count). The van der Waals surface area contributed by atoms with E-state index in [4.69, 9.17) is 11.6 Å². The third-order valence-electron chi connectivity index (χ3n) is 6.46. The number of hydrogen-bond acceptors (Lipinski definition) is 10. The van der Waals surface area contributed by atoms with Crippen molar-refractivity contribution in [3.8, 4) is 23.0 Å². The Balaban J connectivity index is 0.000000197. The number of rotatable bonds is 8. The molecule has 0 fully saturated rings. The standard InChI is InChI=1S/C16H19N5O2S.C15H15ClN4.CH5NO2S/c1-11(2)10-21-13-7-5-4-6-12(13)19-16(21)14-15(18-9-8-17-14)20-24(3,22)23;1-10(2)9-20-12-6-4-3-5-11(12)19-15(20)13-14(16)18-8-7-17-13;1-5(2,3)4/h4-9,11H,10H2,1-3H3,(H,18,20);3-8,10H,9H2,1-2H3;1H3,(H2,2,3,4). The van der Waals surface area contributed by atoms with E-state index >= 15 is 0 Å². The molecule has 0 saturated carbocycles. The molecular formula is C32H39ClN10O4S2. The Morgan fingerprint density at radius 1 is 0.694 bits per heavy atom. The number of para-hydroxylation sites is 4. The second-order valence-electron chi connectivity index (χ2n) is 12.0. The first-order valence-corrected chi connectivity index (χ1v) is 19.4. The van der Waals surface area contributed by atoms with Crippen LogP contribution in [0.15, 0.2) is 73.3 Å². The number of nitrogens with zero attached hydrogens (tertiary/aromatic N) is 8. The van der Waals surface area contributed by atoms with Gasteiger partial charge in [0.15, 0.2) is 22.6 Å². The summed E-state index contributed by atoms with van der Waals surface area (Å²) in [6, 6.07) is 15.9. The highest BCUT2D eigenvalue weighted by atomic mass is 35.5. The molecule has 14 nitrogen and oxygen atoms in total. The molecule has 2 aromatic carbocycles. The fourth-order valence-electron chi connectivity index (χ4n) is 4.84. The minimum atomic E-state index is -3.46. The molecule has 49 heavy (non-hydrogen) atoms. The lowest BCUT2D eigenvalue weighted by atomic mass is 10.2. The number of nitrogens with two attached hydrogens (primary N) is 1. The predicted molar refractivity (Wildman–Crippen MR) is 194 cm³/mol. The maximum Gasteiger partial charge on any atom is 0.231 e. The predicted octanol–water partition coefficient (Wildman–Crippen LogP) is 5.23. The molecule has 0 unspecified atom stereocenters. The first kappa shape index (κ1) is 37.3. The molecule has 0 amide bonds. The summed E-state index contributed by atoms with van der Waals surface area (Å²) >= 11 is 6.17. The number of imidazole rings is 2. The summed E-state index contributed by atoms with van der Waals surface area (Å²) in [4.78, 5) is 26.2. The van der Waals surface area contributed by atoms with E-state index in [-0.39, 0.29) is 5.82 Å². The van der Waals surface area contributed by atoms with Gasteiger partial charge in [0, 0.05) is 37.9 Å². The quantitative estimate of drug-likeness (QED) is 0.210. The zero-order valence-corrected chi connectivity index (χ0v) is 30.4. The highest BCUT2D eigenvalue weighted by Crippen LogP contribution is 2.29. The summed E-state index contributed by atoms with van der Waals surface area (Å²) in [5.41, 5.74) is 4.91. The van der Waals surface area contributed by atoms with Crippen LogP contribution in [-0.2, 0) is 33.1 Å². The Morgan fingerprint density at radius 2 is 1.10 bits per heavy atom. The van der Waals surface area contributed by atoms with Crippen LogP contribution in [0.3, 0.4) is 0 Å². The Bertz CT molecular complexity index is 2260. The molecule has 0 bridgehead atoms. The van der Waals surface area contributed by atoms with Gasteiger partial charge < -0.3 is 9.13 Å². The van der Waals surface area contributed by atoms with Crippen LogP contribution in [0, 0.1) is 11.8 Å². The topological polar surface area (TPSA) is 194 Å². The van der Waals surface area contributed by atoms with Crippen LogP contribution >= 0.6 is 11.6 Å². The second-order valence-corrected chi connectivity index (χ2v) is 15.8. The van der Waals surface area contributed by atoms with Crippen LogP contribution in [0.25, 0.3) is 45.1 Å². The van der Waals surface area contributed by atoms with Gasteiger partial charge in [-0.25, -0.2) is 51.9 Å². The normalized spacial score (nSPS) is 11.7. The highest BCUT2D eigenvalue weighted by molar-refractivity contribution is 7.92. The molecular weight excluding hydrogens is 688 g/mol. The second kappa shape index (κ2) is 15.8. The van der Waals surface area contributed by atoms with Crippen molar-refractivity contribution >= 4 is 59.5 Å². The third kappa shape index (κ3) is 10.5. The summed E-state index contributed by atoms with van der Waals surface area (Å²) in [5.74, 6) is 2.45. The number of benzene rings is 2. The molecule has 0 spiro atoms. The first-order chi connectivity index (χ1) is 23.0. The number of fused-ring (bicyclic) bond motifs is 2. The van der Waals surface area contributed by atoms with E-state index in [1.807, 2.05) is 42.5 Å². The van der Waals surface area contributed by atoms with Crippen LogP contribution in [0.1, 0.15) is 27.7 Å². The Labute approximate surface area is 290 Å². The molecule has 0 saturated heterocycles. The minimum Gasteiger partial charge on any atom is -0.322 e. The van der Waals surface area contributed by atoms with E-state index in [1.54, 1.807) is 12.4 Å². The zero-order valence-electron chi connectivity index (χ0n) is 28.0. The van der Waals surface area contributed by atoms with Gasteiger partial charge in [0.25, 0.3) is 0 Å². The Kier molecular flexibility index (Phi) is 12.0. The van der Waals surface area contributed by atoms with Crippen molar-refractivity contribution < 1.29 is 16.8 Å². The van der Waals surface area contributed by atoms with Crippen molar-refractivity contribution in [1.82, 2.24) is 39.0 Å². The number of sulfonamides is 2. The molecule has 17 heteroatoms. The van der Waals surface area contributed by atoms with Gasteiger partial charge in [-0.05, 0) is 36.1 Å². The molecule has 0 radical (unpaired) electrons. The molecule has 0 aliphatic heterocycles. The lowest BCUT2D eigenvalue weighted by Gasteiger charge is -2.13. The smallest absolute Gasteiger partial charge is 0.231 e. The summed E-state index contributed by atoms with van der Waals surface area (Å²) in [6.07, 6.45) is 8.23. The van der Waals surface area contributed by atoms with Crippen molar-refractivity contribution in [2.45, 2.75) is 40.8 Å². The SMILES string of the molecule is CC(C)Cn1c(-c2nccnc2Cl)nc2ccccc21.CC(C)Cn1c(-c2nccnc2NS(C)(=O)=O)nc2ccccc21.CS(N)(=O)=O. The van der Waals surface area contributed by atoms with E-state index in [0.29, 0.717) is 34.2 Å². The zero-order chi connectivity index (χ0) is 35.9. The van der Waals surface area contributed by atoms with Gasteiger partial charge >= 0.3 is 0 Å². The van der Waals surface area contributed by atoms with Crippen molar-refractivity contribution in [3.05, 3.63) is 78.5 Å². The maximum absolute atomic E-state index is 11.6. The van der Waals surface area contributed by atoms with Crippen molar-refractivity contribution in [2.75, 3.05) is 17.2 Å².